The van der Waals surface area contributed by atoms with Crippen LogP contribution in [0.15, 0.2) is 41.0 Å². The van der Waals surface area contributed by atoms with Gasteiger partial charge >= 0.3 is 12.0 Å². The summed E-state index contributed by atoms with van der Waals surface area (Å²) in [6.45, 7) is 1.76. The number of aromatic carboxylic acids is 1. The van der Waals surface area contributed by atoms with E-state index in [0.29, 0.717) is 15.9 Å². The van der Waals surface area contributed by atoms with Crippen molar-refractivity contribution in [1.82, 2.24) is 4.98 Å². The molecule has 0 aliphatic rings. The van der Waals surface area contributed by atoms with Crippen molar-refractivity contribution < 1.29 is 14.7 Å². The standard InChI is InChI=1S/C14H12BrN3O3/c1-8-11(3-2-6-16-8)17-14(21)18-12-7-9(15)4-5-10(12)13(19)20/h2-7H,1H3,(H,19,20)(H2,17,18,21). The van der Waals surface area contributed by atoms with Crippen LogP contribution in [-0.4, -0.2) is 22.1 Å². The fourth-order valence-electron chi connectivity index (χ4n) is 1.70. The van der Waals surface area contributed by atoms with Gasteiger partial charge in [-0.2, -0.15) is 0 Å². The molecular weight excluding hydrogens is 338 g/mol. The lowest BCUT2D eigenvalue weighted by atomic mass is 10.2. The normalized spacial score (nSPS) is 10.0. The molecule has 0 fully saturated rings. The Kier molecular flexibility index (Phi) is 4.54. The Morgan fingerprint density at radius 2 is 1.90 bits per heavy atom. The van der Waals surface area contributed by atoms with Gasteiger partial charge in [0, 0.05) is 10.7 Å². The highest BCUT2D eigenvalue weighted by Crippen LogP contribution is 2.22. The monoisotopic (exact) mass is 349 g/mol. The summed E-state index contributed by atoms with van der Waals surface area (Å²) >= 11 is 3.24. The number of carboxylic acid groups (broad SMARTS) is 1. The van der Waals surface area contributed by atoms with E-state index in [1.165, 1.54) is 12.1 Å². The van der Waals surface area contributed by atoms with Crippen LogP contribution in [0.4, 0.5) is 16.2 Å². The van der Waals surface area contributed by atoms with E-state index in [0.717, 1.165) is 0 Å². The smallest absolute Gasteiger partial charge is 0.337 e. The highest BCUT2D eigenvalue weighted by molar-refractivity contribution is 9.10. The zero-order valence-corrected chi connectivity index (χ0v) is 12.6. The Bertz CT molecular complexity index is 704. The maximum atomic E-state index is 12.0. The Morgan fingerprint density at radius 1 is 1.19 bits per heavy atom. The van der Waals surface area contributed by atoms with Crippen molar-refractivity contribution in [2.45, 2.75) is 6.92 Å². The summed E-state index contributed by atoms with van der Waals surface area (Å²) in [7, 11) is 0. The van der Waals surface area contributed by atoms with Gasteiger partial charge in [0.2, 0.25) is 0 Å². The number of carbonyl (C=O) groups is 2. The third-order valence-electron chi connectivity index (χ3n) is 2.72. The average Bonchev–Trinajstić information content (AvgIpc) is 2.41. The Labute approximate surface area is 129 Å². The van der Waals surface area contributed by atoms with Crippen LogP contribution < -0.4 is 10.6 Å². The molecule has 0 saturated heterocycles. The van der Waals surface area contributed by atoms with Gasteiger partial charge in [-0.25, -0.2) is 9.59 Å². The summed E-state index contributed by atoms with van der Waals surface area (Å²) in [6, 6.07) is 7.41. The topological polar surface area (TPSA) is 91.3 Å². The number of hydrogen-bond acceptors (Lipinski definition) is 3. The van der Waals surface area contributed by atoms with Crippen molar-refractivity contribution in [3.63, 3.8) is 0 Å². The highest BCUT2D eigenvalue weighted by Gasteiger charge is 2.13. The molecule has 2 amide bonds. The lowest BCUT2D eigenvalue weighted by Crippen LogP contribution is -2.21. The van der Waals surface area contributed by atoms with Gasteiger partial charge in [0.05, 0.1) is 22.6 Å². The summed E-state index contributed by atoms with van der Waals surface area (Å²) in [5.41, 5.74) is 1.44. The molecule has 1 heterocycles. The van der Waals surface area contributed by atoms with Gasteiger partial charge in [0.1, 0.15) is 0 Å². The average molecular weight is 350 g/mol. The van der Waals surface area contributed by atoms with Gasteiger partial charge in [-0.05, 0) is 37.3 Å². The molecule has 0 bridgehead atoms. The number of anilines is 2. The second-order valence-electron chi connectivity index (χ2n) is 4.21. The van der Waals surface area contributed by atoms with Crippen LogP contribution in [0.3, 0.4) is 0 Å². The van der Waals surface area contributed by atoms with Gasteiger partial charge in [-0.15, -0.1) is 0 Å². The number of carboxylic acids is 1. The number of pyridine rings is 1. The van der Waals surface area contributed by atoms with Gasteiger partial charge in [0.25, 0.3) is 0 Å². The number of nitrogens with zero attached hydrogens (tertiary/aromatic N) is 1. The number of urea groups is 1. The zero-order valence-electron chi connectivity index (χ0n) is 11.1. The number of nitrogens with one attached hydrogen (secondary N) is 2. The van der Waals surface area contributed by atoms with Gasteiger partial charge in [-0.1, -0.05) is 15.9 Å². The van der Waals surface area contributed by atoms with E-state index in [9.17, 15) is 9.59 Å². The first-order chi connectivity index (χ1) is 9.97. The van der Waals surface area contributed by atoms with Crippen LogP contribution in [0.1, 0.15) is 16.1 Å². The molecular formula is C14H12BrN3O3. The molecule has 108 valence electrons. The van der Waals surface area contributed by atoms with Crippen LogP contribution in [0.25, 0.3) is 0 Å². The van der Waals surface area contributed by atoms with E-state index in [1.54, 1.807) is 31.3 Å². The Morgan fingerprint density at radius 3 is 2.57 bits per heavy atom. The summed E-state index contributed by atoms with van der Waals surface area (Å²) < 4.78 is 0.667. The second-order valence-corrected chi connectivity index (χ2v) is 5.13. The molecule has 0 aliphatic carbocycles. The predicted molar refractivity (Wildman–Crippen MR) is 82.7 cm³/mol. The van der Waals surface area contributed by atoms with E-state index >= 15 is 0 Å². The Hall–Kier alpha value is -2.41. The summed E-state index contributed by atoms with van der Waals surface area (Å²) in [4.78, 5) is 27.1. The lowest BCUT2D eigenvalue weighted by Gasteiger charge is -2.11. The minimum atomic E-state index is -1.12. The van der Waals surface area contributed by atoms with Crippen LogP contribution >= 0.6 is 15.9 Å². The molecule has 0 saturated carbocycles. The lowest BCUT2D eigenvalue weighted by molar-refractivity contribution is 0.0698. The van der Waals surface area contributed by atoms with E-state index in [2.05, 4.69) is 31.5 Å². The van der Waals surface area contributed by atoms with Gasteiger partial charge in [-0.3, -0.25) is 4.98 Å². The molecule has 1 aromatic carbocycles. The highest BCUT2D eigenvalue weighted by atomic mass is 79.9. The van der Waals surface area contributed by atoms with Gasteiger partial charge in [0.15, 0.2) is 0 Å². The molecule has 0 radical (unpaired) electrons. The molecule has 2 aromatic rings. The first kappa shape index (κ1) is 15.0. The van der Waals surface area contributed by atoms with Crippen LogP contribution in [0.5, 0.6) is 0 Å². The molecule has 0 spiro atoms. The summed E-state index contributed by atoms with van der Waals surface area (Å²) in [6.07, 6.45) is 1.62. The SMILES string of the molecule is Cc1ncccc1NC(=O)Nc1cc(Br)ccc1C(=O)O. The van der Waals surface area contributed by atoms with Crippen molar-refractivity contribution in [1.29, 1.82) is 0 Å². The summed E-state index contributed by atoms with van der Waals surface area (Å²) in [5.74, 6) is -1.12. The number of aryl methyl sites for hydroxylation is 1. The second kappa shape index (κ2) is 6.36. The van der Waals surface area contributed by atoms with Crippen molar-refractivity contribution in [2.75, 3.05) is 10.6 Å². The molecule has 0 atom stereocenters. The number of benzene rings is 1. The first-order valence-corrected chi connectivity index (χ1v) is 6.79. The van der Waals surface area contributed by atoms with Crippen molar-refractivity contribution in [3.05, 3.63) is 52.3 Å². The quantitative estimate of drug-likeness (QED) is 0.790. The number of hydrogen-bond donors (Lipinski definition) is 3. The molecule has 0 unspecified atom stereocenters. The van der Waals surface area contributed by atoms with Crippen LogP contribution in [-0.2, 0) is 0 Å². The first-order valence-electron chi connectivity index (χ1n) is 6.00. The predicted octanol–water partition coefficient (Wildman–Crippen LogP) is 3.49. The molecule has 1 aromatic heterocycles. The van der Waals surface area contributed by atoms with Crippen molar-refractivity contribution >= 4 is 39.3 Å². The molecule has 6 nitrogen and oxygen atoms in total. The van der Waals surface area contributed by atoms with Crippen LogP contribution in [0, 0.1) is 6.92 Å². The number of halogens is 1. The third-order valence-corrected chi connectivity index (χ3v) is 3.21. The molecule has 0 aliphatic heterocycles. The van der Waals surface area contributed by atoms with E-state index < -0.39 is 12.0 Å². The number of rotatable bonds is 3. The van der Waals surface area contributed by atoms with Gasteiger partial charge < -0.3 is 15.7 Å². The van der Waals surface area contributed by atoms with Crippen molar-refractivity contribution in [3.8, 4) is 0 Å². The molecule has 2 rings (SSSR count). The van der Waals surface area contributed by atoms with E-state index in [-0.39, 0.29) is 11.3 Å². The minimum Gasteiger partial charge on any atom is -0.478 e. The Balaban J connectivity index is 2.18. The molecule has 7 heteroatoms. The van der Waals surface area contributed by atoms with Crippen LogP contribution in [0.2, 0.25) is 0 Å². The fraction of sp³-hybridized carbons (Fsp3) is 0.0714. The number of aromatic nitrogens is 1. The molecule has 3 N–H and O–H groups in total. The fourth-order valence-corrected chi connectivity index (χ4v) is 2.06. The van der Waals surface area contributed by atoms with Crippen molar-refractivity contribution in [2.24, 2.45) is 0 Å². The molecule has 21 heavy (non-hydrogen) atoms. The number of carbonyl (C=O) groups excluding carboxylic acids is 1. The number of amides is 2. The van der Waals surface area contributed by atoms with E-state index in [1.807, 2.05) is 0 Å². The third kappa shape index (κ3) is 3.79. The largest absolute Gasteiger partial charge is 0.478 e. The minimum absolute atomic E-state index is 0.0104. The maximum absolute atomic E-state index is 12.0. The van der Waals surface area contributed by atoms with E-state index in [4.69, 9.17) is 5.11 Å². The maximum Gasteiger partial charge on any atom is 0.337 e. The zero-order chi connectivity index (χ0) is 15.4. The summed E-state index contributed by atoms with van der Waals surface area (Å²) in [5, 5.41) is 14.2.